The standard InChI is InChI=1S/C14H14F2N4/c15-10-4-3-9(7-11(10)16)13-18-19-14-12(8-1-2-8)17-5-6-20(13)14/h3-4,7-8,12,17H,1-2,5-6H2. The molecule has 104 valence electrons. The van der Waals surface area contributed by atoms with Crippen molar-refractivity contribution in [3.05, 3.63) is 35.7 Å². The zero-order valence-corrected chi connectivity index (χ0v) is 10.8. The Morgan fingerprint density at radius 3 is 2.75 bits per heavy atom. The molecule has 2 aliphatic rings. The molecule has 20 heavy (non-hydrogen) atoms. The van der Waals surface area contributed by atoms with Gasteiger partial charge in [0.15, 0.2) is 23.3 Å². The lowest BCUT2D eigenvalue weighted by molar-refractivity contribution is 0.383. The molecule has 0 saturated heterocycles. The van der Waals surface area contributed by atoms with E-state index in [1.807, 2.05) is 4.57 Å². The summed E-state index contributed by atoms with van der Waals surface area (Å²) < 4.78 is 28.4. The van der Waals surface area contributed by atoms with E-state index in [2.05, 4.69) is 15.5 Å². The van der Waals surface area contributed by atoms with Crippen LogP contribution in [0.3, 0.4) is 0 Å². The van der Waals surface area contributed by atoms with E-state index in [1.54, 1.807) is 6.07 Å². The van der Waals surface area contributed by atoms with Crippen molar-refractivity contribution < 1.29 is 8.78 Å². The predicted octanol–water partition coefficient (Wildman–Crippen LogP) is 2.28. The van der Waals surface area contributed by atoms with Crippen molar-refractivity contribution in [3.8, 4) is 11.4 Å². The van der Waals surface area contributed by atoms with Gasteiger partial charge in [-0.2, -0.15) is 0 Å². The lowest BCUT2D eigenvalue weighted by Crippen LogP contribution is -2.35. The first-order valence-electron chi connectivity index (χ1n) is 6.86. The maximum Gasteiger partial charge on any atom is 0.164 e. The summed E-state index contributed by atoms with van der Waals surface area (Å²) in [5.41, 5.74) is 0.569. The fourth-order valence-electron chi connectivity index (χ4n) is 2.84. The topological polar surface area (TPSA) is 42.7 Å². The van der Waals surface area contributed by atoms with Crippen molar-refractivity contribution in [2.24, 2.45) is 5.92 Å². The van der Waals surface area contributed by atoms with Gasteiger partial charge in [0.1, 0.15) is 0 Å². The molecule has 1 unspecified atom stereocenters. The Morgan fingerprint density at radius 2 is 2.00 bits per heavy atom. The van der Waals surface area contributed by atoms with Gasteiger partial charge in [-0.15, -0.1) is 10.2 Å². The summed E-state index contributed by atoms with van der Waals surface area (Å²) in [5.74, 6) is 0.470. The zero-order valence-electron chi connectivity index (χ0n) is 10.8. The number of aromatic nitrogens is 3. The van der Waals surface area contributed by atoms with E-state index < -0.39 is 11.6 Å². The van der Waals surface area contributed by atoms with Crippen molar-refractivity contribution in [1.82, 2.24) is 20.1 Å². The van der Waals surface area contributed by atoms with Crippen LogP contribution in [-0.2, 0) is 6.54 Å². The monoisotopic (exact) mass is 276 g/mol. The largest absolute Gasteiger partial charge is 0.308 e. The predicted molar refractivity (Wildman–Crippen MR) is 68.8 cm³/mol. The summed E-state index contributed by atoms with van der Waals surface area (Å²) >= 11 is 0. The van der Waals surface area contributed by atoms with Gasteiger partial charge in [0.25, 0.3) is 0 Å². The first-order valence-corrected chi connectivity index (χ1v) is 6.86. The number of benzene rings is 1. The number of rotatable bonds is 2. The molecule has 2 heterocycles. The molecule has 2 aromatic rings. The Kier molecular flexibility index (Phi) is 2.60. The Balaban J connectivity index is 1.77. The molecule has 1 aliphatic carbocycles. The number of hydrogen-bond donors (Lipinski definition) is 1. The average Bonchev–Trinajstić information content (AvgIpc) is 3.21. The Morgan fingerprint density at radius 1 is 1.15 bits per heavy atom. The number of nitrogens with one attached hydrogen (secondary N) is 1. The van der Waals surface area contributed by atoms with Crippen molar-refractivity contribution in [1.29, 1.82) is 0 Å². The SMILES string of the molecule is Fc1ccc(-c2nnc3n2CCNC3C2CC2)cc1F. The van der Waals surface area contributed by atoms with Gasteiger partial charge in [-0.25, -0.2) is 8.78 Å². The molecule has 1 fully saturated rings. The van der Waals surface area contributed by atoms with Gasteiger partial charge in [-0.05, 0) is 37.0 Å². The summed E-state index contributed by atoms with van der Waals surface area (Å²) in [5, 5.41) is 11.9. The number of nitrogens with zero attached hydrogens (tertiary/aromatic N) is 3. The molecule has 0 spiro atoms. The van der Waals surface area contributed by atoms with E-state index in [1.165, 1.54) is 18.9 Å². The lowest BCUT2D eigenvalue weighted by atomic mass is 10.1. The summed E-state index contributed by atoms with van der Waals surface area (Å²) in [6, 6.07) is 4.10. The molecular weight excluding hydrogens is 262 g/mol. The van der Waals surface area contributed by atoms with E-state index >= 15 is 0 Å². The van der Waals surface area contributed by atoms with Crippen LogP contribution in [0.2, 0.25) is 0 Å². The summed E-state index contributed by atoms with van der Waals surface area (Å²) in [6.45, 7) is 1.60. The number of halogens is 2. The normalized spacial score (nSPS) is 21.8. The van der Waals surface area contributed by atoms with Crippen LogP contribution < -0.4 is 5.32 Å². The maximum absolute atomic E-state index is 13.4. The third-order valence-corrected chi connectivity index (χ3v) is 4.03. The Bertz CT molecular complexity index is 663. The van der Waals surface area contributed by atoms with Crippen LogP contribution in [0.15, 0.2) is 18.2 Å². The molecule has 4 nitrogen and oxygen atoms in total. The molecule has 1 aromatic heterocycles. The maximum atomic E-state index is 13.4. The van der Waals surface area contributed by atoms with Crippen molar-refractivity contribution in [3.63, 3.8) is 0 Å². The van der Waals surface area contributed by atoms with E-state index in [9.17, 15) is 8.78 Å². The van der Waals surface area contributed by atoms with E-state index in [0.29, 0.717) is 17.3 Å². The molecule has 4 rings (SSSR count). The van der Waals surface area contributed by atoms with E-state index in [-0.39, 0.29) is 6.04 Å². The first-order chi connectivity index (χ1) is 9.74. The minimum Gasteiger partial charge on any atom is -0.308 e. The second-order valence-corrected chi connectivity index (χ2v) is 5.43. The molecule has 1 saturated carbocycles. The quantitative estimate of drug-likeness (QED) is 0.915. The lowest BCUT2D eigenvalue weighted by Gasteiger charge is -2.25. The Labute approximate surface area is 114 Å². The smallest absolute Gasteiger partial charge is 0.164 e. The van der Waals surface area contributed by atoms with Crippen LogP contribution in [0.25, 0.3) is 11.4 Å². The highest BCUT2D eigenvalue weighted by Gasteiger charge is 2.37. The highest BCUT2D eigenvalue weighted by molar-refractivity contribution is 5.55. The molecule has 6 heteroatoms. The van der Waals surface area contributed by atoms with Crippen LogP contribution in [0.1, 0.15) is 24.7 Å². The molecule has 1 atom stereocenters. The van der Waals surface area contributed by atoms with Crippen molar-refractivity contribution in [2.45, 2.75) is 25.4 Å². The summed E-state index contributed by atoms with van der Waals surface area (Å²) in [7, 11) is 0. The second-order valence-electron chi connectivity index (χ2n) is 5.43. The Hall–Kier alpha value is -1.82. The average molecular weight is 276 g/mol. The molecule has 0 radical (unpaired) electrons. The van der Waals surface area contributed by atoms with Gasteiger partial charge in [-0.3, -0.25) is 0 Å². The number of fused-ring (bicyclic) bond motifs is 1. The van der Waals surface area contributed by atoms with E-state index in [0.717, 1.165) is 25.0 Å². The molecule has 1 aromatic carbocycles. The highest BCUT2D eigenvalue weighted by atomic mass is 19.2. The van der Waals surface area contributed by atoms with E-state index in [4.69, 9.17) is 0 Å². The molecule has 1 aliphatic heterocycles. The fraction of sp³-hybridized carbons (Fsp3) is 0.429. The van der Waals surface area contributed by atoms with Crippen LogP contribution in [0, 0.1) is 17.6 Å². The van der Waals surface area contributed by atoms with Gasteiger partial charge in [0, 0.05) is 18.7 Å². The zero-order chi connectivity index (χ0) is 13.7. The van der Waals surface area contributed by atoms with Crippen LogP contribution in [0.4, 0.5) is 8.78 Å². The van der Waals surface area contributed by atoms with Crippen LogP contribution in [0.5, 0.6) is 0 Å². The third-order valence-electron chi connectivity index (χ3n) is 4.03. The minimum absolute atomic E-state index is 0.246. The molecular formula is C14H14F2N4. The first kappa shape index (κ1) is 12.0. The van der Waals surface area contributed by atoms with Gasteiger partial charge in [-0.1, -0.05) is 0 Å². The number of hydrogen-bond acceptors (Lipinski definition) is 3. The van der Waals surface area contributed by atoms with Gasteiger partial charge in [0.05, 0.1) is 6.04 Å². The summed E-state index contributed by atoms with van der Waals surface area (Å²) in [4.78, 5) is 0. The fourth-order valence-corrected chi connectivity index (χ4v) is 2.84. The third kappa shape index (κ3) is 1.83. The van der Waals surface area contributed by atoms with Gasteiger partial charge < -0.3 is 9.88 Å². The molecule has 0 amide bonds. The highest BCUT2D eigenvalue weighted by Crippen LogP contribution is 2.42. The van der Waals surface area contributed by atoms with Gasteiger partial charge >= 0.3 is 0 Å². The van der Waals surface area contributed by atoms with Crippen LogP contribution >= 0.6 is 0 Å². The van der Waals surface area contributed by atoms with Crippen LogP contribution in [-0.4, -0.2) is 21.3 Å². The summed E-state index contributed by atoms with van der Waals surface area (Å²) in [6.07, 6.45) is 2.43. The molecule has 0 bridgehead atoms. The van der Waals surface area contributed by atoms with Crippen molar-refractivity contribution in [2.75, 3.05) is 6.54 Å². The van der Waals surface area contributed by atoms with Crippen molar-refractivity contribution >= 4 is 0 Å². The van der Waals surface area contributed by atoms with Gasteiger partial charge in [0.2, 0.25) is 0 Å². The minimum atomic E-state index is -0.854. The second kappa shape index (κ2) is 4.34. The molecule has 1 N–H and O–H groups in total.